The Morgan fingerprint density at radius 1 is 1.44 bits per heavy atom. The van der Waals surface area contributed by atoms with E-state index in [1.54, 1.807) is 0 Å². The highest BCUT2D eigenvalue weighted by molar-refractivity contribution is 7.91. The van der Waals surface area contributed by atoms with Crippen LogP contribution in [0.4, 0.5) is 0 Å². The second-order valence-electron chi connectivity index (χ2n) is 4.34. The molecule has 2 atom stereocenters. The van der Waals surface area contributed by atoms with Crippen molar-refractivity contribution in [3.8, 4) is 0 Å². The van der Waals surface area contributed by atoms with Crippen LogP contribution in [0.25, 0.3) is 0 Å². The number of carbonyl (C=O) groups is 2. The molecule has 0 unspecified atom stereocenters. The number of carbonyl (C=O) groups excluding carboxylic acids is 1. The molecule has 16 heavy (non-hydrogen) atoms. The summed E-state index contributed by atoms with van der Waals surface area (Å²) in [5.41, 5.74) is 0. The molecule has 0 spiro atoms. The van der Waals surface area contributed by atoms with Gasteiger partial charge in [0.15, 0.2) is 9.84 Å². The van der Waals surface area contributed by atoms with Crippen molar-refractivity contribution < 1.29 is 23.1 Å². The molecule has 7 heteroatoms. The molecule has 1 N–H and O–H groups in total. The normalized spacial score (nSPS) is 33.2. The minimum absolute atomic E-state index is 0.00805. The van der Waals surface area contributed by atoms with Gasteiger partial charge in [-0.25, -0.2) is 8.42 Å². The van der Waals surface area contributed by atoms with Crippen molar-refractivity contribution in [2.24, 2.45) is 5.92 Å². The molecule has 0 radical (unpaired) electrons. The van der Waals surface area contributed by atoms with E-state index in [0.717, 1.165) is 0 Å². The van der Waals surface area contributed by atoms with E-state index in [1.807, 2.05) is 0 Å². The molecule has 2 aliphatic rings. The molecule has 2 aliphatic heterocycles. The van der Waals surface area contributed by atoms with E-state index in [0.29, 0.717) is 6.42 Å². The van der Waals surface area contributed by atoms with Crippen LogP contribution < -0.4 is 0 Å². The van der Waals surface area contributed by atoms with Gasteiger partial charge in [0.25, 0.3) is 0 Å². The molecular weight excluding hydrogens is 234 g/mol. The summed E-state index contributed by atoms with van der Waals surface area (Å²) >= 11 is 0. The summed E-state index contributed by atoms with van der Waals surface area (Å²) in [4.78, 5) is 23.7. The molecule has 0 aromatic rings. The van der Waals surface area contributed by atoms with Crippen LogP contribution in [0.1, 0.15) is 12.8 Å². The Morgan fingerprint density at radius 2 is 2.12 bits per heavy atom. The molecule has 2 rings (SSSR count). The molecule has 2 saturated heterocycles. The van der Waals surface area contributed by atoms with Gasteiger partial charge in [-0.3, -0.25) is 9.59 Å². The molecule has 6 nitrogen and oxygen atoms in total. The third-order valence-electron chi connectivity index (χ3n) is 3.16. The van der Waals surface area contributed by atoms with Crippen molar-refractivity contribution >= 4 is 21.7 Å². The summed E-state index contributed by atoms with van der Waals surface area (Å²) in [6, 6.07) is -0.318. The second kappa shape index (κ2) is 3.73. The number of rotatable bonds is 2. The zero-order valence-electron chi connectivity index (χ0n) is 8.63. The maximum atomic E-state index is 11.6. The molecular formula is C9H13NO5S. The van der Waals surface area contributed by atoms with Gasteiger partial charge in [-0.1, -0.05) is 0 Å². The van der Waals surface area contributed by atoms with E-state index in [1.165, 1.54) is 4.90 Å². The SMILES string of the molecule is O=C(O)[C@H]1CC(=O)N([C@H]2CCS(=O)(=O)C2)C1. The number of hydrogen-bond acceptors (Lipinski definition) is 4. The predicted octanol–water partition coefficient (Wildman–Crippen LogP) is -0.893. The van der Waals surface area contributed by atoms with Gasteiger partial charge in [-0.05, 0) is 6.42 Å². The number of amides is 1. The smallest absolute Gasteiger partial charge is 0.308 e. The van der Waals surface area contributed by atoms with Gasteiger partial charge in [-0.15, -0.1) is 0 Å². The van der Waals surface area contributed by atoms with E-state index >= 15 is 0 Å². The van der Waals surface area contributed by atoms with Gasteiger partial charge in [-0.2, -0.15) is 0 Å². The topological polar surface area (TPSA) is 91.8 Å². The monoisotopic (exact) mass is 247 g/mol. The molecule has 0 aliphatic carbocycles. The number of hydrogen-bond donors (Lipinski definition) is 1. The summed E-state index contributed by atoms with van der Waals surface area (Å²) < 4.78 is 22.5. The maximum Gasteiger partial charge on any atom is 0.308 e. The Balaban J connectivity index is 2.07. The summed E-state index contributed by atoms with van der Waals surface area (Å²) in [7, 11) is -3.04. The number of likely N-dealkylation sites (tertiary alicyclic amines) is 1. The van der Waals surface area contributed by atoms with Gasteiger partial charge in [0.2, 0.25) is 5.91 Å². The minimum Gasteiger partial charge on any atom is -0.481 e. The minimum atomic E-state index is -3.04. The van der Waals surface area contributed by atoms with E-state index in [2.05, 4.69) is 0 Å². The third kappa shape index (κ3) is 2.04. The Bertz CT molecular complexity index is 429. The van der Waals surface area contributed by atoms with Crippen molar-refractivity contribution in [1.82, 2.24) is 4.90 Å². The first kappa shape index (κ1) is 11.4. The van der Waals surface area contributed by atoms with E-state index in [-0.39, 0.29) is 36.4 Å². The summed E-state index contributed by atoms with van der Waals surface area (Å²) in [5, 5.41) is 8.80. The highest BCUT2D eigenvalue weighted by atomic mass is 32.2. The summed E-state index contributed by atoms with van der Waals surface area (Å²) in [6.07, 6.45) is 0.423. The predicted molar refractivity (Wildman–Crippen MR) is 54.5 cm³/mol. The van der Waals surface area contributed by atoms with E-state index in [4.69, 9.17) is 5.11 Å². The fraction of sp³-hybridized carbons (Fsp3) is 0.778. The average Bonchev–Trinajstić information content (AvgIpc) is 2.69. The van der Waals surface area contributed by atoms with E-state index < -0.39 is 21.7 Å². The lowest BCUT2D eigenvalue weighted by Crippen LogP contribution is -2.37. The number of carboxylic acid groups (broad SMARTS) is 1. The molecule has 2 fully saturated rings. The van der Waals surface area contributed by atoms with E-state index in [9.17, 15) is 18.0 Å². The standard InChI is InChI=1S/C9H13NO5S/c11-8-3-6(9(12)13)4-10(8)7-1-2-16(14,15)5-7/h6-7H,1-5H2,(H,12,13)/t6-,7-/m0/s1. The Morgan fingerprint density at radius 3 is 2.56 bits per heavy atom. The Kier molecular flexibility index (Phi) is 2.65. The Hall–Kier alpha value is -1.11. The fourth-order valence-electron chi connectivity index (χ4n) is 2.27. The van der Waals surface area contributed by atoms with Gasteiger partial charge in [0.05, 0.1) is 17.4 Å². The van der Waals surface area contributed by atoms with Crippen LogP contribution in [-0.2, 0) is 19.4 Å². The largest absolute Gasteiger partial charge is 0.481 e. The van der Waals surface area contributed by atoms with Crippen molar-refractivity contribution in [2.75, 3.05) is 18.1 Å². The lowest BCUT2D eigenvalue weighted by Gasteiger charge is -2.22. The molecule has 90 valence electrons. The highest BCUT2D eigenvalue weighted by Crippen LogP contribution is 2.26. The van der Waals surface area contributed by atoms with Gasteiger partial charge < -0.3 is 10.0 Å². The number of aliphatic carboxylic acids is 1. The zero-order chi connectivity index (χ0) is 11.9. The highest BCUT2D eigenvalue weighted by Gasteiger charge is 2.41. The maximum absolute atomic E-state index is 11.6. The van der Waals surface area contributed by atoms with Crippen LogP contribution in [0.15, 0.2) is 0 Å². The van der Waals surface area contributed by atoms with Gasteiger partial charge in [0, 0.05) is 19.0 Å². The first-order chi connectivity index (χ1) is 7.39. The molecule has 0 aromatic carbocycles. The van der Waals surface area contributed by atoms with Crippen LogP contribution in [0.3, 0.4) is 0 Å². The lowest BCUT2D eigenvalue weighted by atomic mass is 10.1. The fourth-order valence-corrected chi connectivity index (χ4v) is 4.00. The molecule has 0 bridgehead atoms. The second-order valence-corrected chi connectivity index (χ2v) is 6.57. The zero-order valence-corrected chi connectivity index (χ0v) is 9.44. The third-order valence-corrected chi connectivity index (χ3v) is 4.91. The molecule has 0 saturated carbocycles. The summed E-state index contributed by atoms with van der Waals surface area (Å²) in [6.45, 7) is 0.147. The number of nitrogens with zero attached hydrogens (tertiary/aromatic N) is 1. The van der Waals surface area contributed by atoms with Crippen molar-refractivity contribution in [1.29, 1.82) is 0 Å². The van der Waals surface area contributed by atoms with Crippen LogP contribution in [-0.4, -0.2) is 54.4 Å². The quantitative estimate of drug-likeness (QED) is 0.683. The van der Waals surface area contributed by atoms with Gasteiger partial charge >= 0.3 is 5.97 Å². The molecule has 2 heterocycles. The number of sulfone groups is 1. The van der Waals surface area contributed by atoms with Crippen LogP contribution in [0.2, 0.25) is 0 Å². The molecule has 1 amide bonds. The van der Waals surface area contributed by atoms with Crippen molar-refractivity contribution in [2.45, 2.75) is 18.9 Å². The van der Waals surface area contributed by atoms with Crippen LogP contribution >= 0.6 is 0 Å². The van der Waals surface area contributed by atoms with Gasteiger partial charge in [0.1, 0.15) is 0 Å². The molecule has 0 aromatic heterocycles. The lowest BCUT2D eigenvalue weighted by molar-refractivity contribution is -0.141. The van der Waals surface area contributed by atoms with Crippen LogP contribution in [0, 0.1) is 5.92 Å². The average molecular weight is 247 g/mol. The first-order valence-electron chi connectivity index (χ1n) is 5.12. The first-order valence-corrected chi connectivity index (χ1v) is 6.94. The number of carboxylic acids is 1. The Labute approximate surface area is 93.1 Å². The van der Waals surface area contributed by atoms with Crippen LogP contribution in [0.5, 0.6) is 0 Å². The van der Waals surface area contributed by atoms with Crippen molar-refractivity contribution in [3.63, 3.8) is 0 Å². The van der Waals surface area contributed by atoms with Crippen molar-refractivity contribution in [3.05, 3.63) is 0 Å². The summed E-state index contributed by atoms with van der Waals surface area (Å²) in [5.74, 6) is -1.84.